The molecule has 0 spiro atoms. The predicted octanol–water partition coefficient (Wildman–Crippen LogP) is 1.57. The highest BCUT2D eigenvalue weighted by atomic mass is 32.1. The van der Waals surface area contributed by atoms with E-state index in [1.54, 1.807) is 36.3 Å². The molecule has 4 aromatic heterocycles. The highest BCUT2D eigenvalue weighted by molar-refractivity contribution is 7.19. The molecule has 0 aromatic carbocycles. The van der Waals surface area contributed by atoms with Gasteiger partial charge in [-0.3, -0.25) is 10.0 Å². The van der Waals surface area contributed by atoms with Crippen LogP contribution in [0.25, 0.3) is 21.6 Å². The van der Waals surface area contributed by atoms with E-state index in [2.05, 4.69) is 30.2 Å². The van der Waals surface area contributed by atoms with Gasteiger partial charge in [0.15, 0.2) is 11.6 Å². The Balaban J connectivity index is 1.47. The lowest BCUT2D eigenvalue weighted by atomic mass is 10.3. The zero-order valence-electron chi connectivity index (χ0n) is 19.7. The Morgan fingerprint density at radius 3 is 2.53 bits per heavy atom. The first-order valence-electron chi connectivity index (χ1n) is 11.2. The van der Waals surface area contributed by atoms with Crippen molar-refractivity contribution in [2.75, 3.05) is 55.5 Å². The van der Waals surface area contributed by atoms with Gasteiger partial charge in [0.2, 0.25) is 11.9 Å². The number of hydrogen-bond donors (Lipinski definition) is 3. The zero-order chi connectivity index (χ0) is 25.1. The van der Waals surface area contributed by atoms with Crippen LogP contribution in [0.3, 0.4) is 0 Å². The number of anilines is 3. The average molecular weight is 509 g/mol. The molecule has 0 atom stereocenters. The van der Waals surface area contributed by atoms with Crippen molar-refractivity contribution in [1.82, 2.24) is 35.4 Å². The number of ether oxygens (including phenoxy) is 1. The minimum absolute atomic E-state index is 0.168. The summed E-state index contributed by atoms with van der Waals surface area (Å²) < 4.78 is 6.54. The summed E-state index contributed by atoms with van der Waals surface area (Å²) in [5.41, 5.74) is 3.31. The molecule has 0 radical (unpaired) electrons. The molecule has 0 saturated carbocycles. The summed E-state index contributed by atoms with van der Waals surface area (Å²) in [6.45, 7) is 3.31. The third-order valence-electron chi connectivity index (χ3n) is 5.59. The first-order chi connectivity index (χ1) is 17.6. The Morgan fingerprint density at radius 1 is 1.14 bits per heavy atom. The van der Waals surface area contributed by atoms with Crippen LogP contribution >= 0.6 is 11.3 Å². The summed E-state index contributed by atoms with van der Waals surface area (Å²) >= 11 is 1.62. The fourth-order valence-corrected chi connectivity index (χ4v) is 4.90. The van der Waals surface area contributed by atoms with E-state index < -0.39 is 5.91 Å². The van der Waals surface area contributed by atoms with Crippen LogP contribution in [0.4, 0.5) is 17.7 Å². The standard InChI is InChI=1S/C22H24N10O3S/c1-23-21-24-8-13(9-25-21)18-28-16-7-15(36-17(16)19(29-18)32-3-5-35-6-4-32)12-31(2)22-26-10-14(11-27-22)20(33)30-34/h7-11,34H,3-6,12H2,1-2H3,(H,30,33)(H,23,24,25). The maximum absolute atomic E-state index is 11.5. The molecular formula is C22H24N10O3S. The van der Waals surface area contributed by atoms with E-state index in [9.17, 15) is 4.79 Å². The molecule has 0 aliphatic carbocycles. The number of aromatic nitrogens is 6. The number of amides is 1. The average Bonchev–Trinajstić information content (AvgIpc) is 3.35. The van der Waals surface area contributed by atoms with E-state index >= 15 is 0 Å². The third kappa shape index (κ3) is 4.86. The summed E-state index contributed by atoms with van der Waals surface area (Å²) in [6, 6.07) is 2.04. The maximum Gasteiger partial charge on any atom is 0.277 e. The number of hydroxylamine groups is 1. The summed E-state index contributed by atoms with van der Waals surface area (Å²) in [5, 5.41) is 11.7. The van der Waals surface area contributed by atoms with Crippen molar-refractivity contribution in [2.45, 2.75) is 6.54 Å². The SMILES string of the molecule is CNc1ncc(-c2nc(N3CCOCC3)c3sc(CN(C)c4ncc(C(=O)NO)cn4)cc3n2)cn1. The lowest BCUT2D eigenvalue weighted by Crippen LogP contribution is -2.36. The first kappa shape index (κ1) is 23.7. The Labute approximate surface area is 210 Å². The molecule has 5 rings (SSSR count). The maximum atomic E-state index is 11.5. The van der Waals surface area contributed by atoms with Crippen molar-refractivity contribution in [3.8, 4) is 11.4 Å². The van der Waals surface area contributed by atoms with Crippen LogP contribution in [0.5, 0.6) is 0 Å². The minimum atomic E-state index is -0.662. The molecule has 14 heteroatoms. The molecule has 0 bridgehead atoms. The molecule has 186 valence electrons. The van der Waals surface area contributed by atoms with Gasteiger partial charge in [-0.2, -0.15) is 0 Å². The van der Waals surface area contributed by atoms with E-state index in [0.717, 1.165) is 39.6 Å². The normalized spacial score (nSPS) is 13.6. The van der Waals surface area contributed by atoms with Gasteiger partial charge in [-0.05, 0) is 6.07 Å². The predicted molar refractivity (Wildman–Crippen MR) is 134 cm³/mol. The number of nitrogens with one attached hydrogen (secondary N) is 2. The number of rotatable bonds is 7. The van der Waals surface area contributed by atoms with Gasteiger partial charge in [0.25, 0.3) is 5.91 Å². The topological polar surface area (TPSA) is 154 Å². The molecule has 1 saturated heterocycles. The van der Waals surface area contributed by atoms with Crippen LogP contribution < -0.4 is 20.6 Å². The van der Waals surface area contributed by atoms with Crippen LogP contribution in [-0.4, -0.2) is 81.4 Å². The fourth-order valence-electron chi connectivity index (χ4n) is 3.74. The van der Waals surface area contributed by atoms with Gasteiger partial charge in [0.05, 0.1) is 41.1 Å². The number of fused-ring (bicyclic) bond motifs is 1. The van der Waals surface area contributed by atoms with Crippen molar-refractivity contribution in [3.05, 3.63) is 41.3 Å². The van der Waals surface area contributed by atoms with Crippen LogP contribution in [0.2, 0.25) is 0 Å². The van der Waals surface area contributed by atoms with E-state index in [1.165, 1.54) is 12.4 Å². The second kappa shape index (κ2) is 10.3. The number of thiophene rings is 1. The van der Waals surface area contributed by atoms with Crippen LogP contribution in [0, 0.1) is 0 Å². The molecule has 3 N–H and O–H groups in total. The minimum Gasteiger partial charge on any atom is -0.378 e. The van der Waals surface area contributed by atoms with Crippen molar-refractivity contribution in [3.63, 3.8) is 0 Å². The summed E-state index contributed by atoms with van der Waals surface area (Å²) in [5.74, 6) is 1.74. The largest absolute Gasteiger partial charge is 0.378 e. The molecular weight excluding hydrogens is 484 g/mol. The smallest absolute Gasteiger partial charge is 0.277 e. The first-order valence-corrected chi connectivity index (χ1v) is 12.0. The van der Waals surface area contributed by atoms with Gasteiger partial charge in [-0.25, -0.2) is 35.4 Å². The number of carbonyl (C=O) groups is 1. The molecule has 1 aliphatic rings. The number of morpholine rings is 1. The van der Waals surface area contributed by atoms with E-state index in [1.807, 2.05) is 18.0 Å². The highest BCUT2D eigenvalue weighted by Crippen LogP contribution is 2.35. The second-order valence-corrected chi connectivity index (χ2v) is 9.15. The van der Waals surface area contributed by atoms with Gasteiger partial charge >= 0.3 is 0 Å². The van der Waals surface area contributed by atoms with Crippen LogP contribution in [0.1, 0.15) is 15.2 Å². The highest BCUT2D eigenvalue weighted by Gasteiger charge is 2.21. The molecule has 5 heterocycles. The molecule has 1 aliphatic heterocycles. The summed E-state index contributed by atoms with van der Waals surface area (Å²) in [4.78, 5) is 43.5. The molecule has 1 fully saturated rings. The van der Waals surface area contributed by atoms with Crippen molar-refractivity contribution in [2.24, 2.45) is 0 Å². The molecule has 4 aromatic rings. The zero-order valence-corrected chi connectivity index (χ0v) is 20.5. The van der Waals surface area contributed by atoms with Gasteiger partial charge < -0.3 is 19.9 Å². The van der Waals surface area contributed by atoms with Crippen molar-refractivity contribution >= 4 is 45.2 Å². The lowest BCUT2D eigenvalue weighted by molar-refractivity contribution is 0.0705. The third-order valence-corrected chi connectivity index (χ3v) is 6.69. The summed E-state index contributed by atoms with van der Waals surface area (Å²) in [7, 11) is 3.63. The number of carbonyl (C=O) groups excluding carboxylic acids is 1. The van der Waals surface area contributed by atoms with E-state index in [-0.39, 0.29) is 5.56 Å². The molecule has 0 unspecified atom stereocenters. The summed E-state index contributed by atoms with van der Waals surface area (Å²) in [6.07, 6.45) is 6.15. The van der Waals surface area contributed by atoms with Gasteiger partial charge in [-0.1, -0.05) is 0 Å². The molecule has 1 amide bonds. The quantitative estimate of drug-likeness (QED) is 0.245. The van der Waals surface area contributed by atoms with Crippen molar-refractivity contribution in [1.29, 1.82) is 0 Å². The fraction of sp³-hybridized carbons (Fsp3) is 0.318. The lowest BCUT2D eigenvalue weighted by Gasteiger charge is -2.28. The van der Waals surface area contributed by atoms with E-state index in [4.69, 9.17) is 19.9 Å². The number of nitrogens with zero attached hydrogens (tertiary/aromatic N) is 8. The van der Waals surface area contributed by atoms with Crippen molar-refractivity contribution < 1.29 is 14.7 Å². The van der Waals surface area contributed by atoms with Gasteiger partial charge in [0.1, 0.15) is 0 Å². The van der Waals surface area contributed by atoms with E-state index in [0.29, 0.717) is 37.5 Å². The Hall–Kier alpha value is -4.01. The Morgan fingerprint density at radius 2 is 1.86 bits per heavy atom. The molecule has 13 nitrogen and oxygen atoms in total. The number of hydrogen-bond acceptors (Lipinski definition) is 13. The molecule has 36 heavy (non-hydrogen) atoms. The van der Waals surface area contributed by atoms with Gasteiger partial charge in [-0.15, -0.1) is 11.3 Å². The monoisotopic (exact) mass is 508 g/mol. The second-order valence-electron chi connectivity index (χ2n) is 8.01. The Bertz CT molecular complexity index is 1360. The Kier molecular flexibility index (Phi) is 6.79. The van der Waals surface area contributed by atoms with Crippen LogP contribution in [-0.2, 0) is 11.3 Å². The van der Waals surface area contributed by atoms with Gasteiger partial charge in [0, 0.05) is 56.8 Å². The van der Waals surface area contributed by atoms with Crippen LogP contribution in [0.15, 0.2) is 30.9 Å².